The molecule has 0 bridgehead atoms. The van der Waals surface area contributed by atoms with E-state index in [4.69, 9.17) is 9.47 Å². The quantitative estimate of drug-likeness (QED) is 0.905. The molecule has 1 aliphatic heterocycles. The first-order valence-electron chi connectivity index (χ1n) is 7.43. The van der Waals surface area contributed by atoms with Gasteiger partial charge in [0, 0.05) is 24.8 Å². The van der Waals surface area contributed by atoms with Crippen LogP contribution in [0.5, 0.6) is 5.75 Å². The van der Waals surface area contributed by atoms with Crippen LogP contribution in [0.2, 0.25) is 0 Å². The van der Waals surface area contributed by atoms with Crippen LogP contribution in [0.1, 0.15) is 23.6 Å². The van der Waals surface area contributed by atoms with E-state index < -0.39 is 0 Å². The van der Waals surface area contributed by atoms with E-state index in [1.165, 1.54) is 16.8 Å². The van der Waals surface area contributed by atoms with Crippen LogP contribution >= 0.6 is 0 Å². The zero-order chi connectivity index (χ0) is 14.5. The minimum absolute atomic E-state index is 0.304. The van der Waals surface area contributed by atoms with Crippen molar-refractivity contribution in [2.45, 2.75) is 18.9 Å². The van der Waals surface area contributed by atoms with Crippen LogP contribution in [0.3, 0.4) is 0 Å². The molecule has 2 aromatic carbocycles. The number of anilines is 1. The van der Waals surface area contributed by atoms with Crippen LogP contribution in [-0.2, 0) is 11.2 Å². The fraction of sp³-hybridized carbons (Fsp3) is 0.333. The van der Waals surface area contributed by atoms with Crippen molar-refractivity contribution in [2.24, 2.45) is 0 Å². The Morgan fingerprint density at radius 2 is 1.95 bits per heavy atom. The van der Waals surface area contributed by atoms with Crippen LogP contribution < -0.4 is 10.1 Å². The smallest absolute Gasteiger partial charge is 0.124 e. The molecular weight excluding hydrogens is 262 g/mol. The van der Waals surface area contributed by atoms with E-state index in [-0.39, 0.29) is 0 Å². The highest BCUT2D eigenvalue weighted by Crippen LogP contribution is 2.34. The second kappa shape index (κ2) is 6.64. The Labute approximate surface area is 125 Å². The lowest BCUT2D eigenvalue weighted by molar-refractivity contribution is 0.202. The topological polar surface area (TPSA) is 30.5 Å². The zero-order valence-electron chi connectivity index (χ0n) is 12.3. The molecule has 2 aromatic rings. The number of rotatable bonds is 5. The Kier molecular flexibility index (Phi) is 4.41. The number of nitrogens with one attached hydrogen (secondary N) is 1. The van der Waals surface area contributed by atoms with Crippen molar-refractivity contribution in [1.82, 2.24) is 0 Å². The van der Waals surface area contributed by atoms with E-state index in [0.29, 0.717) is 6.04 Å². The number of methoxy groups -OCH3 is 1. The molecule has 1 heterocycles. The molecule has 0 fully saturated rings. The van der Waals surface area contributed by atoms with Gasteiger partial charge >= 0.3 is 0 Å². The highest BCUT2D eigenvalue weighted by atomic mass is 16.5. The van der Waals surface area contributed by atoms with Crippen molar-refractivity contribution in [3.05, 3.63) is 59.7 Å². The average Bonchev–Trinajstić information content (AvgIpc) is 2.54. The van der Waals surface area contributed by atoms with E-state index in [2.05, 4.69) is 41.7 Å². The van der Waals surface area contributed by atoms with Crippen molar-refractivity contribution < 1.29 is 9.47 Å². The Morgan fingerprint density at radius 1 is 1.14 bits per heavy atom. The van der Waals surface area contributed by atoms with Gasteiger partial charge in [-0.3, -0.25) is 0 Å². The third-order valence-corrected chi connectivity index (χ3v) is 3.88. The lowest BCUT2D eigenvalue weighted by Crippen LogP contribution is -2.21. The van der Waals surface area contributed by atoms with Crippen molar-refractivity contribution in [2.75, 3.05) is 25.6 Å². The normalized spacial score (nSPS) is 16.9. The third-order valence-electron chi connectivity index (χ3n) is 3.88. The molecule has 0 saturated heterocycles. The van der Waals surface area contributed by atoms with Crippen LogP contribution in [0.15, 0.2) is 48.5 Å². The summed E-state index contributed by atoms with van der Waals surface area (Å²) in [5.41, 5.74) is 3.73. The monoisotopic (exact) mass is 283 g/mol. The van der Waals surface area contributed by atoms with E-state index in [1.807, 2.05) is 12.1 Å². The van der Waals surface area contributed by atoms with E-state index in [1.54, 1.807) is 7.11 Å². The maximum Gasteiger partial charge on any atom is 0.124 e. The fourth-order valence-electron chi connectivity index (χ4n) is 2.77. The second-order valence-corrected chi connectivity index (χ2v) is 5.27. The van der Waals surface area contributed by atoms with E-state index in [0.717, 1.165) is 31.8 Å². The first-order chi connectivity index (χ1) is 10.4. The molecule has 0 spiro atoms. The maximum absolute atomic E-state index is 5.73. The minimum Gasteiger partial charge on any atom is -0.493 e. The number of benzene rings is 2. The Balaban J connectivity index is 1.81. The fourth-order valence-corrected chi connectivity index (χ4v) is 2.77. The highest BCUT2D eigenvalue weighted by Gasteiger charge is 2.21. The number of para-hydroxylation sites is 2. The van der Waals surface area contributed by atoms with Gasteiger partial charge in [-0.2, -0.15) is 0 Å². The lowest BCUT2D eigenvalue weighted by Gasteiger charge is -2.28. The van der Waals surface area contributed by atoms with Crippen molar-refractivity contribution in [3.8, 4) is 5.75 Å². The molecule has 0 radical (unpaired) electrons. The zero-order valence-corrected chi connectivity index (χ0v) is 12.3. The van der Waals surface area contributed by atoms with Gasteiger partial charge in [0.05, 0.1) is 19.3 Å². The van der Waals surface area contributed by atoms with Gasteiger partial charge in [-0.25, -0.2) is 0 Å². The molecule has 0 saturated carbocycles. The molecule has 3 nitrogen and oxygen atoms in total. The Morgan fingerprint density at radius 3 is 2.86 bits per heavy atom. The SMILES string of the molecule is COCCc1ccccc1NC1CCOc2ccccc21. The van der Waals surface area contributed by atoms with Gasteiger partial charge in [-0.15, -0.1) is 0 Å². The second-order valence-electron chi connectivity index (χ2n) is 5.27. The molecule has 1 aliphatic rings. The number of fused-ring (bicyclic) bond motifs is 1. The predicted molar refractivity (Wildman–Crippen MR) is 84.9 cm³/mol. The number of ether oxygens (including phenoxy) is 2. The van der Waals surface area contributed by atoms with Crippen molar-refractivity contribution in [3.63, 3.8) is 0 Å². The van der Waals surface area contributed by atoms with Gasteiger partial charge in [0.2, 0.25) is 0 Å². The third kappa shape index (κ3) is 3.19. The molecule has 1 N–H and O–H groups in total. The Hall–Kier alpha value is -2.00. The summed E-state index contributed by atoms with van der Waals surface area (Å²) in [6.07, 6.45) is 1.90. The average molecular weight is 283 g/mol. The van der Waals surface area contributed by atoms with Crippen LogP contribution in [0.25, 0.3) is 0 Å². The van der Waals surface area contributed by atoms with Gasteiger partial charge < -0.3 is 14.8 Å². The van der Waals surface area contributed by atoms with E-state index in [9.17, 15) is 0 Å². The summed E-state index contributed by atoms with van der Waals surface area (Å²) in [6.45, 7) is 1.50. The highest BCUT2D eigenvalue weighted by molar-refractivity contribution is 5.54. The molecule has 21 heavy (non-hydrogen) atoms. The van der Waals surface area contributed by atoms with Gasteiger partial charge in [0.1, 0.15) is 5.75 Å². The first kappa shape index (κ1) is 14.0. The van der Waals surface area contributed by atoms with Crippen LogP contribution in [0, 0.1) is 0 Å². The molecule has 3 heteroatoms. The van der Waals surface area contributed by atoms with E-state index >= 15 is 0 Å². The number of hydrogen-bond acceptors (Lipinski definition) is 3. The van der Waals surface area contributed by atoms with Gasteiger partial charge in [-0.05, 0) is 24.1 Å². The summed E-state index contributed by atoms with van der Waals surface area (Å²) in [5, 5.41) is 3.68. The largest absolute Gasteiger partial charge is 0.493 e. The molecule has 110 valence electrons. The van der Waals surface area contributed by atoms with Crippen molar-refractivity contribution in [1.29, 1.82) is 0 Å². The molecule has 0 aliphatic carbocycles. The molecular formula is C18H21NO2. The number of hydrogen-bond donors (Lipinski definition) is 1. The predicted octanol–water partition coefficient (Wildman–Crippen LogP) is 3.81. The van der Waals surface area contributed by atoms with Crippen LogP contribution in [0.4, 0.5) is 5.69 Å². The van der Waals surface area contributed by atoms with Crippen LogP contribution in [-0.4, -0.2) is 20.3 Å². The molecule has 1 atom stereocenters. The first-order valence-corrected chi connectivity index (χ1v) is 7.43. The Bertz CT molecular complexity index is 597. The van der Waals surface area contributed by atoms with Gasteiger partial charge in [-0.1, -0.05) is 36.4 Å². The summed E-state index contributed by atoms with van der Waals surface area (Å²) in [5.74, 6) is 0.996. The lowest BCUT2D eigenvalue weighted by atomic mass is 9.99. The summed E-state index contributed by atoms with van der Waals surface area (Å²) >= 11 is 0. The molecule has 0 amide bonds. The molecule has 1 unspecified atom stereocenters. The summed E-state index contributed by atoms with van der Waals surface area (Å²) in [7, 11) is 1.74. The summed E-state index contributed by atoms with van der Waals surface area (Å²) in [6, 6.07) is 17.0. The summed E-state index contributed by atoms with van der Waals surface area (Å²) < 4.78 is 10.9. The van der Waals surface area contributed by atoms with Crippen molar-refractivity contribution >= 4 is 5.69 Å². The molecule has 3 rings (SSSR count). The maximum atomic E-state index is 5.73. The summed E-state index contributed by atoms with van der Waals surface area (Å²) in [4.78, 5) is 0. The van der Waals surface area contributed by atoms with Gasteiger partial charge in [0.15, 0.2) is 0 Å². The molecule has 0 aromatic heterocycles. The standard InChI is InChI=1S/C18H21NO2/c1-20-12-10-14-6-2-4-8-16(14)19-17-11-13-21-18-9-5-3-7-15(17)18/h2-9,17,19H,10-13H2,1H3. The van der Waals surface area contributed by atoms with Gasteiger partial charge in [0.25, 0.3) is 0 Å². The minimum atomic E-state index is 0.304.